The normalized spacial score (nSPS) is 25.6. The van der Waals surface area contributed by atoms with Crippen LogP contribution in [0.3, 0.4) is 0 Å². The molecule has 0 spiro atoms. The zero-order chi connectivity index (χ0) is 56.8. The van der Waals surface area contributed by atoms with E-state index in [1.807, 2.05) is 0 Å². The lowest BCUT2D eigenvalue weighted by atomic mass is 9.98. The van der Waals surface area contributed by atoms with Crippen LogP contribution in [-0.4, -0.2) is 179 Å². The van der Waals surface area contributed by atoms with Crippen LogP contribution < -0.4 is 23.3 Å². The van der Waals surface area contributed by atoms with Gasteiger partial charge in [0.25, 0.3) is 0 Å². The van der Waals surface area contributed by atoms with Gasteiger partial charge in [-0.3, -0.25) is 41.2 Å². The average molecular weight is 1250 g/mol. The topological polar surface area (TPSA) is 585 Å². The van der Waals surface area contributed by atoms with Gasteiger partial charge in [-0.2, -0.15) is 67.3 Å². The molecule has 1 aromatic heterocycles. The van der Waals surface area contributed by atoms with Gasteiger partial charge in [-0.05, 0) is 25.1 Å². The number of fused-ring (bicyclic) bond motifs is 1. The van der Waals surface area contributed by atoms with Gasteiger partial charge in [0, 0.05) is 23.8 Å². The standard InChI is InChI=1S/C28H32O39S8/c1-10-21(62-70(36,37)38)23(64-72(42,43)44)25(66-74(48,49)50)27(56-10)55-9-19-22(63-71(39,40)41)24(65-73(45,46)47)26(67-75(51,52)53)28(59-19)57-12-6-17-20(18(7-12)61-69(33,34)35)13(29)8-15(58-17)11-3-4-14(54-2)16(5-11)60-68(30,31)32/h3-8,10,19,21-28H,9H2,1-2H3,(H,30,31,32)(H,33,34,35)(H,36,37,38)(H,39,40,41)(H,42,43,44)(H,45,46,47)(H,48,49,50)(H,51,52,53)/t10-,19+,21-,22+,23+,24-,25+,26+,27+,28+/m0/s1. The van der Waals surface area contributed by atoms with Crippen molar-refractivity contribution < 1.29 is 165 Å². The van der Waals surface area contributed by atoms with Crippen LogP contribution in [0.2, 0.25) is 0 Å². The Labute approximate surface area is 420 Å². The number of rotatable bonds is 23. The molecule has 2 saturated heterocycles. The van der Waals surface area contributed by atoms with Gasteiger partial charge in [-0.25, -0.2) is 25.1 Å². The van der Waals surface area contributed by atoms with Crippen molar-refractivity contribution in [2.75, 3.05) is 13.7 Å². The minimum Gasteiger partial charge on any atom is -0.493 e. The van der Waals surface area contributed by atoms with Gasteiger partial charge in [0.1, 0.15) is 53.0 Å². The second kappa shape index (κ2) is 22.3. The number of ether oxygens (including phenoxy) is 5. The van der Waals surface area contributed by atoms with Crippen molar-refractivity contribution in [3.05, 3.63) is 46.6 Å². The molecule has 0 amide bonds. The van der Waals surface area contributed by atoms with E-state index >= 15 is 0 Å². The second-order valence-corrected chi connectivity index (χ2v) is 22.6. The number of hydrogen-bond acceptors (Lipinski definition) is 31. The number of methoxy groups -OCH3 is 1. The van der Waals surface area contributed by atoms with Gasteiger partial charge < -0.3 is 36.5 Å². The third kappa shape index (κ3) is 18.5. The van der Waals surface area contributed by atoms with Crippen LogP contribution >= 0.6 is 0 Å². The van der Waals surface area contributed by atoms with Crippen molar-refractivity contribution in [2.24, 2.45) is 0 Å². The van der Waals surface area contributed by atoms with E-state index < -0.39 is 191 Å². The third-order valence-corrected chi connectivity index (χ3v) is 12.6. The van der Waals surface area contributed by atoms with E-state index in [4.69, 9.17) is 28.1 Å². The van der Waals surface area contributed by atoms with E-state index in [2.05, 4.69) is 33.5 Å². The summed E-state index contributed by atoms with van der Waals surface area (Å²) in [4.78, 5) is 13.5. The minimum absolute atomic E-state index is 0.315. The molecule has 39 nitrogen and oxygen atoms in total. The summed E-state index contributed by atoms with van der Waals surface area (Å²) >= 11 is 0. The maximum atomic E-state index is 13.5. The zero-order valence-electron chi connectivity index (χ0n) is 35.9. The van der Waals surface area contributed by atoms with Crippen LogP contribution in [0.5, 0.6) is 23.0 Å². The highest BCUT2D eigenvalue weighted by Crippen LogP contribution is 2.39. The Balaban J connectivity index is 1.71. The lowest BCUT2D eigenvalue weighted by molar-refractivity contribution is -0.306. The monoisotopic (exact) mass is 1250 g/mol. The van der Waals surface area contributed by atoms with Crippen molar-refractivity contribution in [2.45, 2.75) is 68.3 Å². The molecule has 0 radical (unpaired) electrons. The molecule has 0 aliphatic carbocycles. The third-order valence-electron chi connectivity index (χ3n) is 9.00. The van der Waals surface area contributed by atoms with E-state index in [1.165, 1.54) is 0 Å². The van der Waals surface area contributed by atoms with Crippen molar-refractivity contribution >= 4 is 94.2 Å². The Hall–Kier alpha value is -4.23. The Kier molecular flexibility index (Phi) is 18.3. The van der Waals surface area contributed by atoms with Gasteiger partial charge in [-0.1, -0.05) is 0 Å². The van der Waals surface area contributed by atoms with E-state index in [-0.39, 0.29) is 11.3 Å². The zero-order valence-corrected chi connectivity index (χ0v) is 42.5. The van der Waals surface area contributed by atoms with E-state index in [0.717, 1.165) is 32.2 Å². The fourth-order valence-corrected chi connectivity index (χ4v) is 10.4. The summed E-state index contributed by atoms with van der Waals surface area (Å²) in [5.41, 5.74) is -2.52. The predicted molar refractivity (Wildman–Crippen MR) is 227 cm³/mol. The van der Waals surface area contributed by atoms with Crippen LogP contribution in [0.25, 0.3) is 22.3 Å². The molecule has 10 atom stereocenters. The molecule has 75 heavy (non-hydrogen) atoms. The molecule has 2 fully saturated rings. The summed E-state index contributed by atoms with van der Waals surface area (Å²) in [7, 11) is -46.0. The molecular weight excluding hydrogens is 1220 g/mol. The molecular formula is C28H32O39S8. The fourth-order valence-electron chi connectivity index (χ4n) is 6.68. The van der Waals surface area contributed by atoms with Crippen LogP contribution in [0.4, 0.5) is 0 Å². The first-order chi connectivity index (χ1) is 33.9. The molecule has 8 N–H and O–H groups in total. The minimum atomic E-state index is -6.16. The molecule has 2 aliphatic heterocycles. The molecule has 2 aliphatic rings. The fraction of sp³-hybridized carbons (Fsp3) is 0.464. The second-order valence-electron chi connectivity index (χ2n) is 14.3. The summed E-state index contributed by atoms with van der Waals surface area (Å²) < 4.78 is 335. The van der Waals surface area contributed by atoms with Gasteiger partial charge in [-0.15, -0.1) is 0 Å². The molecule has 3 heterocycles. The molecule has 2 aromatic carbocycles. The number of hydrogen-bond donors (Lipinski definition) is 8. The maximum Gasteiger partial charge on any atom is 0.446 e. The summed E-state index contributed by atoms with van der Waals surface area (Å²) in [6.07, 6.45) is -28.7. The average Bonchev–Trinajstić information content (AvgIpc) is 3.18. The van der Waals surface area contributed by atoms with E-state index in [9.17, 15) is 109 Å². The lowest BCUT2D eigenvalue weighted by Crippen LogP contribution is -2.65. The summed E-state index contributed by atoms with van der Waals surface area (Å²) in [6.45, 7) is -1.01. The highest BCUT2D eigenvalue weighted by Gasteiger charge is 2.57. The quantitative estimate of drug-likeness (QED) is 0.0434. The van der Waals surface area contributed by atoms with Crippen LogP contribution in [0, 0.1) is 0 Å². The Morgan fingerprint density at radius 1 is 0.493 bits per heavy atom. The van der Waals surface area contributed by atoms with Crippen molar-refractivity contribution in [1.82, 2.24) is 0 Å². The lowest BCUT2D eigenvalue weighted by Gasteiger charge is -2.45. The highest BCUT2D eigenvalue weighted by atomic mass is 32.3. The highest BCUT2D eigenvalue weighted by molar-refractivity contribution is 7.82. The van der Waals surface area contributed by atoms with Gasteiger partial charge in [0.05, 0.1) is 19.8 Å². The van der Waals surface area contributed by atoms with Gasteiger partial charge in [0.15, 0.2) is 41.2 Å². The van der Waals surface area contributed by atoms with Crippen LogP contribution in [0.15, 0.2) is 45.6 Å². The van der Waals surface area contributed by atoms with Crippen LogP contribution in [-0.2, 0) is 123 Å². The molecule has 5 rings (SSSR count). The predicted octanol–water partition coefficient (Wildman–Crippen LogP) is -3.18. The summed E-state index contributed by atoms with van der Waals surface area (Å²) in [5.74, 6) is -4.11. The first-order valence-electron chi connectivity index (χ1n) is 18.5. The first-order valence-corrected chi connectivity index (χ1v) is 29.5. The molecule has 426 valence electrons. The maximum absolute atomic E-state index is 13.5. The molecule has 0 saturated carbocycles. The molecule has 0 bridgehead atoms. The molecule has 0 unspecified atom stereocenters. The summed E-state index contributed by atoms with van der Waals surface area (Å²) in [5, 5.41) is -0.939. The SMILES string of the molecule is COc1ccc(-c2cc(=O)c3c(OS(=O)(=O)O)cc(O[C@@H]4O[C@H](CO[C@@H]5O[C@@H](C)[C@H](OS(=O)(=O)O)[C@@H](OS(=O)(=O)O)[C@H]5OS(=O)(=O)O)[C@@H](OS(=O)(=O)O)[C@H](OS(=O)(=O)O)[C@H]4OS(=O)(=O)O)cc3o2)cc1OS(=O)(=O)O. The van der Waals surface area contributed by atoms with E-state index in [1.54, 1.807) is 0 Å². The Bertz CT molecular complexity index is 3630. The Morgan fingerprint density at radius 3 is 1.44 bits per heavy atom. The van der Waals surface area contributed by atoms with E-state index in [0.29, 0.717) is 18.2 Å². The number of benzene rings is 2. The first kappa shape index (κ1) is 61.6. The van der Waals surface area contributed by atoms with Crippen molar-refractivity contribution in [3.63, 3.8) is 0 Å². The van der Waals surface area contributed by atoms with Gasteiger partial charge >= 0.3 is 83.2 Å². The van der Waals surface area contributed by atoms with Crippen LogP contribution in [0.1, 0.15) is 6.92 Å². The Morgan fingerprint density at radius 2 is 0.947 bits per heavy atom. The molecule has 47 heteroatoms. The summed E-state index contributed by atoms with van der Waals surface area (Å²) in [6, 6.07) is 4.34. The smallest absolute Gasteiger partial charge is 0.446 e. The van der Waals surface area contributed by atoms with Crippen molar-refractivity contribution in [1.29, 1.82) is 0 Å². The van der Waals surface area contributed by atoms with Gasteiger partial charge in [0.2, 0.25) is 6.29 Å². The largest absolute Gasteiger partial charge is 0.493 e. The van der Waals surface area contributed by atoms with Crippen molar-refractivity contribution in [3.8, 4) is 34.3 Å². The molecule has 3 aromatic rings.